The van der Waals surface area contributed by atoms with E-state index in [0.29, 0.717) is 5.56 Å². The van der Waals surface area contributed by atoms with Crippen molar-refractivity contribution in [2.75, 3.05) is 13.2 Å². The highest BCUT2D eigenvalue weighted by Gasteiger charge is 2.30. The standard InChI is InChI=1S/C12H13F3O3/c1-2-18-11(16)8-17-7-9-4-3-5-10(6-9)12(13,14)15/h3-6H,2,7-8H2,1H3. The SMILES string of the molecule is CCOC(=O)COCc1cccc(C(F)(F)F)c1. The number of hydrogen-bond acceptors (Lipinski definition) is 3. The summed E-state index contributed by atoms with van der Waals surface area (Å²) in [6.07, 6.45) is -4.38. The van der Waals surface area contributed by atoms with Crippen LogP contribution in [0.3, 0.4) is 0 Å². The summed E-state index contributed by atoms with van der Waals surface area (Å²) < 4.78 is 46.8. The molecule has 0 fully saturated rings. The Labute approximate surface area is 103 Å². The van der Waals surface area contributed by atoms with Gasteiger partial charge in [-0.3, -0.25) is 0 Å². The predicted molar refractivity (Wildman–Crippen MR) is 57.7 cm³/mol. The molecule has 0 N–H and O–H groups in total. The molecule has 0 aliphatic rings. The molecule has 0 saturated heterocycles. The molecule has 0 radical (unpaired) electrons. The average molecular weight is 262 g/mol. The second-order valence-corrected chi connectivity index (χ2v) is 3.50. The van der Waals surface area contributed by atoms with Crippen molar-refractivity contribution >= 4 is 5.97 Å². The summed E-state index contributed by atoms with van der Waals surface area (Å²) >= 11 is 0. The lowest BCUT2D eigenvalue weighted by molar-refractivity contribution is -0.149. The summed E-state index contributed by atoms with van der Waals surface area (Å²) in [7, 11) is 0. The van der Waals surface area contributed by atoms with Crippen LogP contribution in [0.4, 0.5) is 13.2 Å². The highest BCUT2D eigenvalue weighted by molar-refractivity contribution is 5.70. The zero-order valence-corrected chi connectivity index (χ0v) is 9.79. The Morgan fingerprint density at radius 2 is 2.06 bits per heavy atom. The fraction of sp³-hybridized carbons (Fsp3) is 0.417. The Kier molecular flexibility index (Phi) is 5.15. The molecule has 1 aromatic carbocycles. The molecule has 1 rings (SSSR count). The van der Waals surface area contributed by atoms with Crippen LogP contribution >= 0.6 is 0 Å². The van der Waals surface area contributed by atoms with Gasteiger partial charge in [0.2, 0.25) is 0 Å². The normalized spacial score (nSPS) is 11.3. The van der Waals surface area contributed by atoms with Gasteiger partial charge in [0, 0.05) is 0 Å². The maximum atomic E-state index is 12.4. The molecule has 18 heavy (non-hydrogen) atoms. The molecule has 0 aliphatic carbocycles. The van der Waals surface area contributed by atoms with E-state index in [1.807, 2.05) is 0 Å². The number of hydrogen-bond donors (Lipinski definition) is 0. The number of benzene rings is 1. The first-order chi connectivity index (χ1) is 8.43. The van der Waals surface area contributed by atoms with Gasteiger partial charge in [-0.15, -0.1) is 0 Å². The Hall–Kier alpha value is -1.56. The first-order valence-corrected chi connectivity index (χ1v) is 5.33. The van der Waals surface area contributed by atoms with Gasteiger partial charge in [-0.05, 0) is 24.6 Å². The summed E-state index contributed by atoms with van der Waals surface area (Å²) in [6.45, 7) is 1.56. The van der Waals surface area contributed by atoms with Crippen LogP contribution in [-0.2, 0) is 27.1 Å². The van der Waals surface area contributed by atoms with E-state index in [-0.39, 0.29) is 19.8 Å². The van der Waals surface area contributed by atoms with Crippen LogP contribution < -0.4 is 0 Å². The van der Waals surface area contributed by atoms with Crippen LogP contribution in [0.5, 0.6) is 0 Å². The monoisotopic (exact) mass is 262 g/mol. The van der Waals surface area contributed by atoms with Crippen molar-refractivity contribution in [3.8, 4) is 0 Å². The fourth-order valence-electron chi connectivity index (χ4n) is 1.29. The van der Waals surface area contributed by atoms with Gasteiger partial charge < -0.3 is 9.47 Å². The van der Waals surface area contributed by atoms with E-state index in [9.17, 15) is 18.0 Å². The number of alkyl halides is 3. The van der Waals surface area contributed by atoms with E-state index in [1.54, 1.807) is 6.92 Å². The zero-order valence-electron chi connectivity index (χ0n) is 9.79. The molecule has 6 heteroatoms. The minimum Gasteiger partial charge on any atom is -0.464 e. The molecule has 100 valence electrons. The second-order valence-electron chi connectivity index (χ2n) is 3.50. The van der Waals surface area contributed by atoms with Crippen LogP contribution in [0, 0.1) is 0 Å². The van der Waals surface area contributed by atoms with Gasteiger partial charge in [-0.2, -0.15) is 13.2 Å². The number of ether oxygens (including phenoxy) is 2. The van der Waals surface area contributed by atoms with Crippen molar-refractivity contribution in [1.82, 2.24) is 0 Å². The molecule has 0 heterocycles. The van der Waals surface area contributed by atoms with Gasteiger partial charge in [-0.1, -0.05) is 12.1 Å². The Bertz CT molecular complexity index is 402. The lowest BCUT2D eigenvalue weighted by Crippen LogP contribution is -2.12. The molecule has 3 nitrogen and oxygen atoms in total. The Morgan fingerprint density at radius 1 is 1.33 bits per heavy atom. The van der Waals surface area contributed by atoms with E-state index >= 15 is 0 Å². The fourth-order valence-corrected chi connectivity index (χ4v) is 1.29. The largest absolute Gasteiger partial charge is 0.464 e. The van der Waals surface area contributed by atoms with Crippen LogP contribution in [0.25, 0.3) is 0 Å². The number of halogens is 3. The van der Waals surface area contributed by atoms with Crippen LogP contribution in [0.2, 0.25) is 0 Å². The molecule has 0 aromatic heterocycles. The van der Waals surface area contributed by atoms with Gasteiger partial charge in [0.25, 0.3) is 0 Å². The number of carbonyl (C=O) groups excluding carboxylic acids is 1. The van der Waals surface area contributed by atoms with E-state index < -0.39 is 17.7 Å². The third kappa shape index (κ3) is 4.75. The van der Waals surface area contributed by atoms with E-state index in [2.05, 4.69) is 4.74 Å². The number of carbonyl (C=O) groups is 1. The molecular formula is C12H13F3O3. The van der Waals surface area contributed by atoms with Gasteiger partial charge in [0.05, 0.1) is 18.8 Å². The van der Waals surface area contributed by atoms with Gasteiger partial charge in [-0.25, -0.2) is 4.79 Å². The molecule has 0 bridgehead atoms. The van der Waals surface area contributed by atoms with E-state index in [1.165, 1.54) is 12.1 Å². The lowest BCUT2D eigenvalue weighted by Gasteiger charge is -2.09. The van der Waals surface area contributed by atoms with Gasteiger partial charge in [0.15, 0.2) is 0 Å². The van der Waals surface area contributed by atoms with Crippen molar-refractivity contribution in [3.63, 3.8) is 0 Å². The molecule has 0 amide bonds. The van der Waals surface area contributed by atoms with Crippen molar-refractivity contribution in [2.45, 2.75) is 19.7 Å². The topological polar surface area (TPSA) is 35.5 Å². The van der Waals surface area contributed by atoms with Crippen LogP contribution in [0.15, 0.2) is 24.3 Å². The summed E-state index contributed by atoms with van der Waals surface area (Å²) in [5, 5.41) is 0. The van der Waals surface area contributed by atoms with E-state index in [0.717, 1.165) is 12.1 Å². The first kappa shape index (κ1) is 14.5. The number of rotatable bonds is 5. The first-order valence-electron chi connectivity index (χ1n) is 5.33. The van der Waals surface area contributed by atoms with Crippen molar-refractivity contribution < 1.29 is 27.4 Å². The van der Waals surface area contributed by atoms with Gasteiger partial charge in [0.1, 0.15) is 6.61 Å². The zero-order chi connectivity index (χ0) is 13.6. The smallest absolute Gasteiger partial charge is 0.416 e. The van der Waals surface area contributed by atoms with Gasteiger partial charge >= 0.3 is 12.1 Å². The highest BCUT2D eigenvalue weighted by Crippen LogP contribution is 2.29. The molecule has 0 atom stereocenters. The minimum absolute atomic E-state index is 0.0667. The van der Waals surface area contributed by atoms with Crippen molar-refractivity contribution in [1.29, 1.82) is 0 Å². The van der Waals surface area contributed by atoms with Crippen LogP contribution in [-0.4, -0.2) is 19.2 Å². The minimum atomic E-state index is -4.38. The highest BCUT2D eigenvalue weighted by atomic mass is 19.4. The quantitative estimate of drug-likeness (QED) is 0.765. The third-order valence-electron chi connectivity index (χ3n) is 2.05. The molecule has 0 aliphatic heterocycles. The maximum absolute atomic E-state index is 12.4. The summed E-state index contributed by atoms with van der Waals surface area (Å²) in [5.74, 6) is -0.538. The van der Waals surface area contributed by atoms with E-state index in [4.69, 9.17) is 4.74 Å². The molecule has 0 spiro atoms. The third-order valence-corrected chi connectivity index (χ3v) is 2.05. The predicted octanol–water partition coefficient (Wildman–Crippen LogP) is 2.79. The molecule has 0 saturated carbocycles. The summed E-state index contributed by atoms with van der Waals surface area (Å²) in [4.78, 5) is 10.9. The molecular weight excluding hydrogens is 249 g/mol. The Balaban J connectivity index is 2.51. The second kappa shape index (κ2) is 6.39. The molecule has 0 unspecified atom stereocenters. The van der Waals surface area contributed by atoms with Crippen LogP contribution in [0.1, 0.15) is 18.1 Å². The summed E-state index contributed by atoms with van der Waals surface area (Å²) in [5.41, 5.74) is -0.381. The maximum Gasteiger partial charge on any atom is 0.416 e. The Morgan fingerprint density at radius 3 is 2.67 bits per heavy atom. The summed E-state index contributed by atoms with van der Waals surface area (Å²) in [6, 6.07) is 4.77. The lowest BCUT2D eigenvalue weighted by atomic mass is 10.1. The van der Waals surface area contributed by atoms with Crippen molar-refractivity contribution in [2.24, 2.45) is 0 Å². The molecule has 1 aromatic rings. The number of esters is 1. The average Bonchev–Trinajstić information content (AvgIpc) is 2.29. The van der Waals surface area contributed by atoms with Crippen molar-refractivity contribution in [3.05, 3.63) is 35.4 Å².